The van der Waals surface area contributed by atoms with E-state index in [9.17, 15) is 5.26 Å². The van der Waals surface area contributed by atoms with Crippen LogP contribution in [0.2, 0.25) is 0 Å². The third kappa shape index (κ3) is 2.93. The predicted molar refractivity (Wildman–Crippen MR) is 87.8 cm³/mol. The van der Waals surface area contributed by atoms with Gasteiger partial charge < -0.3 is 5.32 Å². The van der Waals surface area contributed by atoms with E-state index < -0.39 is 0 Å². The van der Waals surface area contributed by atoms with Crippen LogP contribution in [0.1, 0.15) is 35.2 Å². The second-order valence-corrected chi connectivity index (χ2v) is 6.31. The number of nitriles is 1. The van der Waals surface area contributed by atoms with Crippen LogP contribution in [-0.2, 0) is 12.8 Å². The Labute approximate surface area is 133 Å². The molecule has 0 unspecified atom stereocenters. The Balaban J connectivity index is 1.99. The van der Waals surface area contributed by atoms with Gasteiger partial charge in [0.15, 0.2) is 0 Å². The number of halogens is 1. The third-order valence-corrected chi connectivity index (χ3v) is 4.36. The van der Waals surface area contributed by atoms with E-state index in [2.05, 4.69) is 27.3 Å². The molecule has 0 spiro atoms. The summed E-state index contributed by atoms with van der Waals surface area (Å²) in [7, 11) is 0. The number of rotatable bonds is 2. The van der Waals surface area contributed by atoms with Gasteiger partial charge in [0.2, 0.25) is 0 Å². The van der Waals surface area contributed by atoms with Gasteiger partial charge in [-0.1, -0.05) is 15.9 Å². The van der Waals surface area contributed by atoms with Gasteiger partial charge in [-0.2, -0.15) is 5.26 Å². The molecule has 2 aromatic rings. The Morgan fingerprint density at radius 3 is 2.81 bits per heavy atom. The molecule has 106 valence electrons. The number of nitrogens with one attached hydrogen (secondary N) is 1. The Hall–Kier alpha value is -1.86. The van der Waals surface area contributed by atoms with Crippen LogP contribution in [0.5, 0.6) is 0 Å². The lowest BCUT2D eigenvalue weighted by Crippen LogP contribution is -2.09. The van der Waals surface area contributed by atoms with Gasteiger partial charge in [-0.15, -0.1) is 0 Å². The highest BCUT2D eigenvalue weighted by atomic mass is 79.9. The number of nitrogens with zero attached hydrogens (tertiary/aromatic N) is 2. The van der Waals surface area contributed by atoms with Gasteiger partial charge in [-0.05, 0) is 68.0 Å². The van der Waals surface area contributed by atoms with Crippen LogP contribution in [0.4, 0.5) is 11.5 Å². The number of fused-ring (bicyclic) bond motifs is 1. The average Bonchev–Trinajstić information content (AvgIpc) is 2.49. The second kappa shape index (κ2) is 5.87. The molecule has 1 aromatic heterocycles. The minimum absolute atomic E-state index is 0.623. The highest BCUT2D eigenvalue weighted by Gasteiger charge is 2.15. The average molecular weight is 342 g/mol. The third-order valence-electron chi connectivity index (χ3n) is 3.86. The van der Waals surface area contributed by atoms with Crippen LogP contribution in [0.3, 0.4) is 0 Å². The molecule has 1 aliphatic carbocycles. The van der Waals surface area contributed by atoms with E-state index in [-0.39, 0.29) is 0 Å². The van der Waals surface area contributed by atoms with Crippen molar-refractivity contribution >= 4 is 27.4 Å². The standard InChI is InChI=1S/C17H16BrN3/c1-11-8-14(18)6-7-15(11)20-17-13(10-19)9-12-4-2-3-5-16(12)21-17/h6-9H,2-5H2,1H3,(H,20,21). The van der Waals surface area contributed by atoms with Gasteiger partial charge in [0.05, 0.1) is 5.56 Å². The Morgan fingerprint density at radius 1 is 1.24 bits per heavy atom. The molecule has 0 bridgehead atoms. The van der Waals surface area contributed by atoms with Crippen molar-refractivity contribution in [2.45, 2.75) is 32.6 Å². The number of hydrogen-bond donors (Lipinski definition) is 1. The van der Waals surface area contributed by atoms with Gasteiger partial charge in [0.1, 0.15) is 11.9 Å². The molecule has 21 heavy (non-hydrogen) atoms. The number of aromatic nitrogens is 1. The highest BCUT2D eigenvalue weighted by molar-refractivity contribution is 9.10. The number of anilines is 2. The number of benzene rings is 1. The fourth-order valence-electron chi connectivity index (χ4n) is 2.71. The Bertz CT molecular complexity index is 732. The summed E-state index contributed by atoms with van der Waals surface area (Å²) >= 11 is 3.46. The smallest absolute Gasteiger partial charge is 0.148 e. The molecule has 1 aliphatic rings. The van der Waals surface area contributed by atoms with Crippen molar-refractivity contribution in [2.75, 3.05) is 5.32 Å². The van der Waals surface area contributed by atoms with E-state index in [1.54, 1.807) is 0 Å². The largest absolute Gasteiger partial charge is 0.339 e. The first kappa shape index (κ1) is 14.1. The molecular formula is C17H16BrN3. The van der Waals surface area contributed by atoms with Gasteiger partial charge in [0, 0.05) is 15.9 Å². The molecule has 0 saturated heterocycles. The van der Waals surface area contributed by atoms with E-state index in [1.807, 2.05) is 31.2 Å². The fourth-order valence-corrected chi connectivity index (χ4v) is 3.18. The van der Waals surface area contributed by atoms with Crippen molar-refractivity contribution in [3.63, 3.8) is 0 Å². The summed E-state index contributed by atoms with van der Waals surface area (Å²) in [5.74, 6) is 0.670. The lowest BCUT2D eigenvalue weighted by Gasteiger charge is -2.18. The molecule has 1 aromatic carbocycles. The van der Waals surface area contributed by atoms with Crippen molar-refractivity contribution < 1.29 is 0 Å². The van der Waals surface area contributed by atoms with Crippen LogP contribution in [0, 0.1) is 18.3 Å². The van der Waals surface area contributed by atoms with Crippen molar-refractivity contribution in [1.82, 2.24) is 4.98 Å². The summed E-state index contributed by atoms with van der Waals surface area (Å²) < 4.78 is 1.05. The first-order chi connectivity index (χ1) is 10.2. The van der Waals surface area contributed by atoms with E-state index in [1.165, 1.54) is 18.4 Å². The van der Waals surface area contributed by atoms with E-state index >= 15 is 0 Å². The normalized spacial score (nSPS) is 13.4. The maximum absolute atomic E-state index is 9.37. The lowest BCUT2D eigenvalue weighted by molar-refractivity contribution is 0.668. The molecule has 3 nitrogen and oxygen atoms in total. The van der Waals surface area contributed by atoms with Crippen LogP contribution in [-0.4, -0.2) is 4.98 Å². The van der Waals surface area contributed by atoms with Gasteiger partial charge in [-0.25, -0.2) is 4.98 Å². The van der Waals surface area contributed by atoms with Gasteiger partial charge in [0.25, 0.3) is 0 Å². The van der Waals surface area contributed by atoms with Crippen molar-refractivity contribution in [1.29, 1.82) is 5.26 Å². The number of aryl methyl sites for hydroxylation is 3. The monoisotopic (exact) mass is 341 g/mol. The zero-order valence-electron chi connectivity index (χ0n) is 11.9. The molecular weight excluding hydrogens is 326 g/mol. The zero-order chi connectivity index (χ0) is 14.8. The predicted octanol–water partition coefficient (Wildman–Crippen LogP) is 4.65. The molecule has 0 amide bonds. The maximum atomic E-state index is 9.37. The molecule has 4 heteroatoms. The van der Waals surface area contributed by atoms with Crippen molar-refractivity contribution in [3.8, 4) is 6.07 Å². The first-order valence-electron chi connectivity index (χ1n) is 7.13. The fraction of sp³-hybridized carbons (Fsp3) is 0.294. The van der Waals surface area contributed by atoms with E-state index in [0.29, 0.717) is 11.4 Å². The van der Waals surface area contributed by atoms with Crippen LogP contribution in [0.25, 0.3) is 0 Å². The first-order valence-corrected chi connectivity index (χ1v) is 7.93. The second-order valence-electron chi connectivity index (χ2n) is 5.39. The Kier molecular flexibility index (Phi) is 3.94. The SMILES string of the molecule is Cc1cc(Br)ccc1Nc1nc2c(cc1C#N)CCCC2. The maximum Gasteiger partial charge on any atom is 0.148 e. The molecule has 0 atom stereocenters. The number of hydrogen-bond acceptors (Lipinski definition) is 3. The topological polar surface area (TPSA) is 48.7 Å². The Morgan fingerprint density at radius 2 is 2.05 bits per heavy atom. The number of pyridine rings is 1. The van der Waals surface area contributed by atoms with Gasteiger partial charge >= 0.3 is 0 Å². The van der Waals surface area contributed by atoms with Crippen LogP contribution in [0.15, 0.2) is 28.7 Å². The van der Waals surface area contributed by atoms with Crippen molar-refractivity contribution in [2.24, 2.45) is 0 Å². The summed E-state index contributed by atoms with van der Waals surface area (Å²) in [6.07, 6.45) is 4.42. The van der Waals surface area contributed by atoms with E-state index in [4.69, 9.17) is 4.98 Å². The molecule has 0 saturated carbocycles. The lowest BCUT2D eigenvalue weighted by atomic mass is 9.95. The molecule has 1 N–H and O–H groups in total. The summed E-state index contributed by atoms with van der Waals surface area (Å²) in [4.78, 5) is 4.70. The molecule has 0 aliphatic heterocycles. The molecule has 1 heterocycles. The van der Waals surface area contributed by atoms with Gasteiger partial charge in [-0.3, -0.25) is 0 Å². The zero-order valence-corrected chi connectivity index (χ0v) is 13.5. The quantitative estimate of drug-likeness (QED) is 0.864. The van der Waals surface area contributed by atoms with Crippen LogP contribution < -0.4 is 5.32 Å². The molecule has 3 rings (SSSR count). The minimum atomic E-state index is 0.623. The minimum Gasteiger partial charge on any atom is -0.339 e. The summed E-state index contributed by atoms with van der Waals surface area (Å²) in [6, 6.07) is 10.3. The molecule has 0 radical (unpaired) electrons. The van der Waals surface area contributed by atoms with Crippen molar-refractivity contribution in [3.05, 3.63) is 51.1 Å². The van der Waals surface area contributed by atoms with Crippen LogP contribution >= 0.6 is 15.9 Å². The summed E-state index contributed by atoms with van der Waals surface area (Å²) in [6.45, 7) is 2.04. The summed E-state index contributed by atoms with van der Waals surface area (Å²) in [5, 5.41) is 12.7. The van der Waals surface area contributed by atoms with E-state index in [0.717, 1.165) is 34.3 Å². The molecule has 0 fully saturated rings. The summed E-state index contributed by atoms with van der Waals surface area (Å²) in [5.41, 5.74) is 5.09. The highest BCUT2D eigenvalue weighted by Crippen LogP contribution is 2.28.